The summed E-state index contributed by atoms with van der Waals surface area (Å²) in [7, 11) is 0. The Hall–Kier alpha value is -2.71. The molecule has 0 saturated carbocycles. The lowest BCUT2D eigenvalue weighted by atomic mass is 10.2. The van der Waals surface area contributed by atoms with Crippen LogP contribution in [-0.2, 0) is 19.4 Å². The number of aromatic nitrogens is 2. The lowest BCUT2D eigenvalue weighted by molar-refractivity contribution is 0.0683. The van der Waals surface area contributed by atoms with Gasteiger partial charge in [0.05, 0.1) is 5.39 Å². The minimum atomic E-state index is -1.20. The summed E-state index contributed by atoms with van der Waals surface area (Å²) in [4.78, 5) is 30.5. The number of carboxylic acids is 1. The van der Waals surface area contributed by atoms with Crippen molar-refractivity contribution in [3.63, 3.8) is 0 Å². The van der Waals surface area contributed by atoms with E-state index in [1.165, 1.54) is 16.2 Å². The number of nitrogens with zero attached hydrogens (tertiary/aromatic N) is 1. The molecule has 0 saturated heterocycles. The van der Waals surface area contributed by atoms with Crippen molar-refractivity contribution in [2.45, 2.75) is 25.8 Å². The van der Waals surface area contributed by atoms with E-state index < -0.39 is 5.97 Å². The summed E-state index contributed by atoms with van der Waals surface area (Å²) in [5.41, 5.74) is 7.08. The van der Waals surface area contributed by atoms with Crippen molar-refractivity contribution in [1.82, 2.24) is 9.97 Å². The lowest BCUT2D eigenvalue weighted by Gasteiger charge is -1.95. The molecule has 1 aromatic carbocycles. The van der Waals surface area contributed by atoms with Crippen LogP contribution in [0.25, 0.3) is 10.2 Å². The Kier molecular flexibility index (Phi) is 4.82. The first-order valence-electron chi connectivity index (χ1n) is 7.75. The number of thiophene rings is 1. The first-order valence-corrected chi connectivity index (χ1v) is 8.57. The van der Waals surface area contributed by atoms with Crippen molar-refractivity contribution in [1.29, 1.82) is 0 Å². The van der Waals surface area contributed by atoms with Crippen LogP contribution < -0.4 is 11.3 Å². The second-order valence-corrected chi connectivity index (χ2v) is 6.71. The molecule has 8 heteroatoms. The fourth-order valence-corrected chi connectivity index (χ4v) is 4.00. The van der Waals surface area contributed by atoms with Gasteiger partial charge in [-0.2, -0.15) is 0 Å². The van der Waals surface area contributed by atoms with E-state index in [1.807, 2.05) is 0 Å². The molecule has 0 atom stereocenters. The predicted molar refractivity (Wildman–Crippen MR) is 95.2 cm³/mol. The maximum absolute atomic E-state index is 11.8. The minimum absolute atomic E-state index is 0.280. The molecular formula is C17H17N3O4S. The molecule has 2 heterocycles. The van der Waals surface area contributed by atoms with Gasteiger partial charge in [0, 0.05) is 11.4 Å². The summed E-state index contributed by atoms with van der Waals surface area (Å²) >= 11 is 1.44. The van der Waals surface area contributed by atoms with Crippen LogP contribution in [0.4, 0.5) is 0 Å². The van der Waals surface area contributed by atoms with Crippen LogP contribution in [0.15, 0.2) is 29.1 Å². The molecule has 0 aliphatic heterocycles. The molecule has 1 aliphatic rings. The van der Waals surface area contributed by atoms with Crippen LogP contribution in [-0.4, -0.2) is 26.2 Å². The number of aromatic carboxylic acids is 1. The Morgan fingerprint density at radius 1 is 1.28 bits per heavy atom. The minimum Gasteiger partial charge on any atom is -0.508 e. The summed E-state index contributed by atoms with van der Waals surface area (Å²) in [6, 6.07) is 6.86. The number of carboxylic acid groups (broad SMARTS) is 1. The predicted octanol–water partition coefficient (Wildman–Crippen LogP) is 2.02. The first-order chi connectivity index (χ1) is 12.0. The topological polar surface area (TPSA) is 129 Å². The van der Waals surface area contributed by atoms with Crippen LogP contribution in [0.2, 0.25) is 0 Å². The fraction of sp³-hybridized carbons (Fsp3) is 0.235. The molecule has 130 valence electrons. The molecule has 25 heavy (non-hydrogen) atoms. The van der Waals surface area contributed by atoms with Gasteiger partial charge < -0.3 is 20.9 Å². The van der Waals surface area contributed by atoms with Gasteiger partial charge in [0.1, 0.15) is 10.6 Å². The van der Waals surface area contributed by atoms with Gasteiger partial charge in [-0.3, -0.25) is 4.79 Å². The number of phenols is 1. The molecule has 0 unspecified atom stereocenters. The smallest absolute Gasteiger partial charge is 0.372 e. The van der Waals surface area contributed by atoms with Crippen molar-refractivity contribution in [3.05, 3.63) is 56.4 Å². The highest BCUT2D eigenvalue weighted by molar-refractivity contribution is 7.18. The van der Waals surface area contributed by atoms with Crippen LogP contribution >= 0.6 is 11.3 Å². The van der Waals surface area contributed by atoms with Crippen molar-refractivity contribution in [2.24, 2.45) is 5.73 Å². The van der Waals surface area contributed by atoms with Gasteiger partial charge in [-0.25, -0.2) is 9.78 Å². The van der Waals surface area contributed by atoms with Gasteiger partial charge >= 0.3 is 5.97 Å². The third kappa shape index (κ3) is 3.54. The molecule has 7 nitrogen and oxygen atoms in total. The molecule has 0 bridgehead atoms. The van der Waals surface area contributed by atoms with E-state index in [0.717, 1.165) is 30.4 Å². The molecule has 4 rings (SSSR count). The van der Waals surface area contributed by atoms with E-state index >= 15 is 0 Å². The van der Waals surface area contributed by atoms with E-state index in [2.05, 4.69) is 9.97 Å². The van der Waals surface area contributed by atoms with Crippen LogP contribution in [0.3, 0.4) is 0 Å². The van der Waals surface area contributed by atoms with Crippen molar-refractivity contribution in [2.75, 3.05) is 0 Å². The van der Waals surface area contributed by atoms with E-state index in [-0.39, 0.29) is 17.1 Å². The number of aryl methyl sites for hydroxylation is 2. The molecule has 3 aromatic rings. The first kappa shape index (κ1) is 17.1. The van der Waals surface area contributed by atoms with Crippen molar-refractivity contribution in [3.8, 4) is 5.75 Å². The number of fused-ring (bicyclic) bond motifs is 3. The molecule has 2 aromatic heterocycles. The highest BCUT2D eigenvalue weighted by Crippen LogP contribution is 2.34. The Balaban J connectivity index is 0.000000173. The van der Waals surface area contributed by atoms with Gasteiger partial charge in [-0.15, -0.1) is 11.3 Å². The zero-order valence-electron chi connectivity index (χ0n) is 13.3. The molecular weight excluding hydrogens is 342 g/mol. The quantitative estimate of drug-likeness (QED) is 0.554. The van der Waals surface area contributed by atoms with Crippen molar-refractivity contribution < 1.29 is 15.0 Å². The monoisotopic (exact) mass is 359 g/mol. The largest absolute Gasteiger partial charge is 0.508 e. The van der Waals surface area contributed by atoms with Crippen LogP contribution in [0, 0.1) is 0 Å². The highest BCUT2D eigenvalue weighted by atomic mass is 32.1. The Bertz CT molecular complexity index is 976. The Morgan fingerprint density at radius 3 is 2.64 bits per heavy atom. The number of carbonyl (C=O) groups is 1. The number of aromatic amines is 1. The van der Waals surface area contributed by atoms with E-state index in [1.54, 1.807) is 24.3 Å². The van der Waals surface area contributed by atoms with Crippen molar-refractivity contribution >= 4 is 27.5 Å². The lowest BCUT2D eigenvalue weighted by Crippen LogP contribution is -2.15. The third-order valence-electron chi connectivity index (χ3n) is 3.95. The number of H-pyrrole nitrogens is 1. The second-order valence-electron chi connectivity index (χ2n) is 5.63. The summed E-state index contributed by atoms with van der Waals surface area (Å²) < 4.78 is 0. The normalized spacial score (nSPS) is 12.5. The summed E-state index contributed by atoms with van der Waals surface area (Å²) in [5.74, 6) is -1.20. The molecule has 0 fully saturated rings. The SMILES string of the molecule is NCc1ccc(O)cc1.O=C(O)c1nc2sc3c(c2c(=O)[nH]1)CCC3. The number of hydrogen-bond acceptors (Lipinski definition) is 6. The van der Waals surface area contributed by atoms with Crippen LogP contribution in [0.5, 0.6) is 5.75 Å². The molecule has 0 spiro atoms. The fourth-order valence-electron chi connectivity index (χ4n) is 2.74. The Labute approximate surface area is 146 Å². The van der Waals surface area contributed by atoms with Crippen LogP contribution in [0.1, 0.15) is 33.0 Å². The van der Waals surface area contributed by atoms with E-state index in [0.29, 0.717) is 16.8 Å². The van der Waals surface area contributed by atoms with Gasteiger partial charge in [0.2, 0.25) is 5.82 Å². The van der Waals surface area contributed by atoms with E-state index in [4.69, 9.17) is 15.9 Å². The number of hydrogen-bond donors (Lipinski definition) is 4. The summed E-state index contributed by atoms with van der Waals surface area (Å²) in [6.07, 6.45) is 2.93. The number of benzene rings is 1. The number of phenolic OH excluding ortho intramolecular Hbond substituents is 1. The molecule has 5 N–H and O–H groups in total. The van der Waals surface area contributed by atoms with Gasteiger partial charge in [-0.05, 0) is 42.5 Å². The second kappa shape index (κ2) is 7.04. The molecule has 1 aliphatic carbocycles. The number of nitrogens with one attached hydrogen (secondary N) is 1. The summed E-state index contributed by atoms with van der Waals surface area (Å²) in [5, 5.41) is 18.2. The van der Waals surface area contributed by atoms with Gasteiger partial charge in [0.25, 0.3) is 5.56 Å². The maximum atomic E-state index is 11.8. The van der Waals surface area contributed by atoms with Gasteiger partial charge in [-0.1, -0.05) is 12.1 Å². The van der Waals surface area contributed by atoms with E-state index in [9.17, 15) is 9.59 Å². The zero-order chi connectivity index (χ0) is 18.0. The average Bonchev–Trinajstić information content (AvgIpc) is 3.16. The average molecular weight is 359 g/mol. The third-order valence-corrected chi connectivity index (χ3v) is 5.14. The highest BCUT2D eigenvalue weighted by Gasteiger charge is 2.22. The standard InChI is InChI=1S/C10H8N2O3S.C7H9NO/c13-8-6-4-2-1-3-5(4)16-9(6)12-7(11-8)10(14)15;8-5-6-1-3-7(9)4-2-6/h1-3H2,(H,14,15)(H,11,12,13);1-4,9H,5,8H2. The number of aromatic hydroxyl groups is 1. The number of nitrogens with two attached hydrogens (primary N) is 1. The van der Waals surface area contributed by atoms with Gasteiger partial charge in [0.15, 0.2) is 0 Å². The zero-order valence-corrected chi connectivity index (χ0v) is 14.1. The molecule has 0 amide bonds. The maximum Gasteiger partial charge on any atom is 0.372 e. The number of rotatable bonds is 2. The summed E-state index contributed by atoms with van der Waals surface area (Å²) in [6.45, 7) is 0.528. The Morgan fingerprint density at radius 2 is 2.00 bits per heavy atom. The molecule has 0 radical (unpaired) electrons.